The van der Waals surface area contributed by atoms with E-state index < -0.39 is 17.8 Å². The van der Waals surface area contributed by atoms with Crippen molar-refractivity contribution in [1.82, 2.24) is 15.3 Å². The second kappa shape index (κ2) is 5.36. The van der Waals surface area contributed by atoms with Gasteiger partial charge in [-0.1, -0.05) is 6.07 Å². The Morgan fingerprint density at radius 2 is 1.84 bits per heavy atom. The summed E-state index contributed by atoms with van der Waals surface area (Å²) in [5, 5.41) is 2.87. The maximum atomic E-state index is 13.0. The minimum Gasteiger partial charge on any atom is -0.309 e. The Bertz CT molecular complexity index is 540. The van der Waals surface area contributed by atoms with E-state index in [0.717, 1.165) is 12.3 Å². The first-order chi connectivity index (χ1) is 9.04. The van der Waals surface area contributed by atoms with E-state index in [1.54, 1.807) is 25.4 Å². The molecule has 1 N–H and O–H groups in total. The quantitative estimate of drug-likeness (QED) is 0.929. The summed E-state index contributed by atoms with van der Waals surface area (Å²) in [6.07, 6.45) is 1.08. The summed E-state index contributed by atoms with van der Waals surface area (Å²) in [6, 6.07) is 3.79. The highest BCUT2D eigenvalue weighted by atomic mass is 19.4. The number of hydrogen-bond donors (Lipinski definition) is 1. The van der Waals surface area contributed by atoms with Gasteiger partial charge >= 0.3 is 6.18 Å². The highest BCUT2D eigenvalue weighted by Gasteiger charge is 2.35. The highest BCUT2D eigenvalue weighted by molar-refractivity contribution is 5.35. The van der Waals surface area contributed by atoms with Crippen molar-refractivity contribution in [2.24, 2.45) is 0 Å². The topological polar surface area (TPSA) is 37.8 Å². The molecule has 0 aliphatic rings. The maximum Gasteiger partial charge on any atom is 0.416 e. The largest absolute Gasteiger partial charge is 0.416 e. The van der Waals surface area contributed by atoms with Gasteiger partial charge in [-0.3, -0.25) is 9.97 Å². The molecular formula is C13H12F3N3. The van der Waals surface area contributed by atoms with Gasteiger partial charge in [0.2, 0.25) is 0 Å². The molecule has 19 heavy (non-hydrogen) atoms. The summed E-state index contributed by atoms with van der Waals surface area (Å²) in [5.41, 5.74) is 0.0553. The van der Waals surface area contributed by atoms with Gasteiger partial charge in [-0.25, -0.2) is 0 Å². The first kappa shape index (κ1) is 13.5. The average Bonchev–Trinajstić information content (AvgIpc) is 2.40. The Labute approximate surface area is 108 Å². The van der Waals surface area contributed by atoms with Crippen LogP contribution in [0.15, 0.2) is 43.0 Å². The van der Waals surface area contributed by atoms with E-state index in [4.69, 9.17) is 0 Å². The molecule has 0 saturated carbocycles. The predicted octanol–water partition coefficient (Wildman–Crippen LogP) is 2.80. The van der Waals surface area contributed by atoms with Gasteiger partial charge in [0.05, 0.1) is 11.6 Å². The lowest BCUT2D eigenvalue weighted by Crippen LogP contribution is -2.22. The molecule has 2 rings (SSSR count). The molecule has 1 atom stereocenters. The highest BCUT2D eigenvalue weighted by Crippen LogP contribution is 2.35. The monoisotopic (exact) mass is 267 g/mol. The Kier molecular flexibility index (Phi) is 3.80. The lowest BCUT2D eigenvalue weighted by Gasteiger charge is -2.20. The van der Waals surface area contributed by atoms with E-state index in [9.17, 15) is 13.2 Å². The van der Waals surface area contributed by atoms with Crippen molar-refractivity contribution in [3.63, 3.8) is 0 Å². The van der Waals surface area contributed by atoms with Crippen LogP contribution in [0.1, 0.15) is 22.7 Å². The molecule has 0 spiro atoms. The number of alkyl halides is 3. The zero-order chi connectivity index (χ0) is 13.9. The van der Waals surface area contributed by atoms with Gasteiger partial charge in [0, 0.05) is 30.4 Å². The average molecular weight is 267 g/mol. The molecular weight excluding hydrogens is 255 g/mol. The fourth-order valence-electron chi connectivity index (χ4n) is 1.94. The molecule has 1 unspecified atom stereocenters. The number of nitrogens with one attached hydrogen (secondary N) is 1. The molecule has 0 aromatic carbocycles. The van der Waals surface area contributed by atoms with E-state index >= 15 is 0 Å². The summed E-state index contributed by atoms with van der Waals surface area (Å²) >= 11 is 0. The third-order valence-electron chi connectivity index (χ3n) is 2.77. The van der Waals surface area contributed by atoms with Crippen LogP contribution < -0.4 is 5.32 Å². The summed E-state index contributed by atoms with van der Waals surface area (Å²) in [7, 11) is 1.60. The normalized spacial score (nSPS) is 13.3. The maximum absolute atomic E-state index is 13.0. The van der Waals surface area contributed by atoms with Crippen molar-refractivity contribution in [2.45, 2.75) is 12.2 Å². The molecule has 0 bridgehead atoms. The smallest absolute Gasteiger partial charge is 0.309 e. The lowest BCUT2D eigenvalue weighted by molar-refractivity contribution is -0.138. The Morgan fingerprint density at radius 3 is 2.42 bits per heavy atom. The van der Waals surface area contributed by atoms with E-state index in [-0.39, 0.29) is 5.56 Å². The van der Waals surface area contributed by atoms with Gasteiger partial charge in [-0.05, 0) is 24.7 Å². The Morgan fingerprint density at radius 1 is 1.11 bits per heavy atom. The minimum absolute atomic E-state index is 0.0884. The number of pyridine rings is 2. The molecule has 6 heteroatoms. The van der Waals surface area contributed by atoms with E-state index in [2.05, 4.69) is 15.3 Å². The van der Waals surface area contributed by atoms with Crippen LogP contribution in [-0.4, -0.2) is 17.0 Å². The number of aromatic nitrogens is 2. The van der Waals surface area contributed by atoms with Crippen LogP contribution in [0.5, 0.6) is 0 Å². The zero-order valence-corrected chi connectivity index (χ0v) is 10.1. The van der Waals surface area contributed by atoms with Gasteiger partial charge in [0.25, 0.3) is 0 Å². The summed E-state index contributed by atoms with van der Waals surface area (Å²) in [6.45, 7) is 0. The van der Waals surface area contributed by atoms with Crippen LogP contribution in [0.3, 0.4) is 0 Å². The fourth-order valence-corrected chi connectivity index (χ4v) is 1.94. The van der Waals surface area contributed by atoms with Gasteiger partial charge in [-0.15, -0.1) is 0 Å². The fraction of sp³-hybridized carbons (Fsp3) is 0.231. The van der Waals surface area contributed by atoms with Crippen molar-refractivity contribution in [2.75, 3.05) is 7.05 Å². The summed E-state index contributed by atoms with van der Waals surface area (Å²) in [4.78, 5) is 7.72. The van der Waals surface area contributed by atoms with Crippen LogP contribution >= 0.6 is 0 Å². The molecule has 2 aromatic rings. The van der Waals surface area contributed by atoms with Gasteiger partial charge in [0.1, 0.15) is 0 Å². The molecule has 0 radical (unpaired) electrons. The van der Waals surface area contributed by atoms with Crippen LogP contribution in [0, 0.1) is 0 Å². The summed E-state index contributed by atoms with van der Waals surface area (Å²) in [5.74, 6) is 0. The standard InChI is InChI=1S/C13H12F3N3/c1-17-12(9-3-2-5-18-7-9)10-8-19-6-4-11(10)13(14,15)16/h2-8,12,17H,1H3. The second-order valence-corrected chi connectivity index (χ2v) is 3.97. The third kappa shape index (κ3) is 2.90. The Balaban J connectivity index is 2.51. The van der Waals surface area contributed by atoms with E-state index in [1.165, 1.54) is 12.4 Å². The van der Waals surface area contributed by atoms with Crippen LogP contribution in [-0.2, 0) is 6.18 Å². The predicted molar refractivity (Wildman–Crippen MR) is 64.4 cm³/mol. The second-order valence-electron chi connectivity index (χ2n) is 3.97. The molecule has 0 fully saturated rings. The van der Waals surface area contributed by atoms with Crippen LogP contribution in [0.4, 0.5) is 13.2 Å². The van der Waals surface area contributed by atoms with Crippen molar-refractivity contribution in [1.29, 1.82) is 0 Å². The molecule has 0 aliphatic carbocycles. The number of hydrogen-bond acceptors (Lipinski definition) is 3. The van der Waals surface area contributed by atoms with Gasteiger partial charge in [-0.2, -0.15) is 13.2 Å². The third-order valence-corrected chi connectivity index (χ3v) is 2.77. The first-order valence-electron chi connectivity index (χ1n) is 5.62. The van der Waals surface area contributed by atoms with E-state index in [0.29, 0.717) is 5.56 Å². The van der Waals surface area contributed by atoms with Crippen molar-refractivity contribution in [3.05, 3.63) is 59.7 Å². The molecule has 0 saturated heterocycles. The first-order valence-corrected chi connectivity index (χ1v) is 5.62. The molecule has 0 amide bonds. The summed E-state index contributed by atoms with van der Waals surface area (Å²) < 4.78 is 39.0. The van der Waals surface area contributed by atoms with Crippen molar-refractivity contribution < 1.29 is 13.2 Å². The lowest BCUT2D eigenvalue weighted by atomic mass is 9.97. The van der Waals surface area contributed by atoms with Crippen molar-refractivity contribution >= 4 is 0 Å². The molecule has 0 aliphatic heterocycles. The van der Waals surface area contributed by atoms with Gasteiger partial charge < -0.3 is 5.32 Å². The SMILES string of the molecule is CNC(c1cccnc1)c1cnccc1C(F)(F)F. The number of rotatable bonds is 3. The molecule has 2 aromatic heterocycles. The van der Waals surface area contributed by atoms with E-state index in [1.807, 2.05) is 0 Å². The number of halogens is 3. The van der Waals surface area contributed by atoms with Gasteiger partial charge in [0.15, 0.2) is 0 Å². The van der Waals surface area contributed by atoms with Crippen molar-refractivity contribution in [3.8, 4) is 0 Å². The van der Waals surface area contributed by atoms with Crippen LogP contribution in [0.25, 0.3) is 0 Å². The molecule has 2 heterocycles. The molecule has 100 valence electrons. The number of nitrogens with zero attached hydrogens (tertiary/aromatic N) is 2. The zero-order valence-electron chi connectivity index (χ0n) is 10.1. The minimum atomic E-state index is -4.41. The Hall–Kier alpha value is -1.95. The molecule has 3 nitrogen and oxygen atoms in total. The van der Waals surface area contributed by atoms with Crippen LogP contribution in [0.2, 0.25) is 0 Å².